The third-order valence-corrected chi connectivity index (χ3v) is 2.98. The molecule has 0 aromatic heterocycles. The van der Waals surface area contributed by atoms with Crippen LogP contribution in [0.5, 0.6) is 0 Å². The SMILES string of the molecule is C[C@@H](O[C@H](CCO)[C@@H](C)CO)c1ccccc1. The summed E-state index contributed by atoms with van der Waals surface area (Å²) in [6, 6.07) is 9.96. The summed E-state index contributed by atoms with van der Waals surface area (Å²) in [5, 5.41) is 18.2. The van der Waals surface area contributed by atoms with E-state index in [2.05, 4.69) is 0 Å². The Balaban J connectivity index is 2.60. The molecule has 0 saturated heterocycles. The molecule has 0 saturated carbocycles. The maximum Gasteiger partial charge on any atom is 0.0800 e. The second-order valence-electron chi connectivity index (χ2n) is 4.40. The number of aliphatic hydroxyl groups excluding tert-OH is 2. The molecule has 0 amide bonds. The first-order valence-electron chi connectivity index (χ1n) is 6.11. The fourth-order valence-electron chi connectivity index (χ4n) is 1.80. The van der Waals surface area contributed by atoms with E-state index in [9.17, 15) is 0 Å². The lowest BCUT2D eigenvalue weighted by Crippen LogP contribution is -2.27. The lowest BCUT2D eigenvalue weighted by Gasteiger charge is -2.26. The van der Waals surface area contributed by atoms with Crippen LogP contribution in [-0.4, -0.2) is 29.5 Å². The van der Waals surface area contributed by atoms with Crippen molar-refractivity contribution in [2.24, 2.45) is 5.92 Å². The first-order valence-corrected chi connectivity index (χ1v) is 6.11. The summed E-state index contributed by atoms with van der Waals surface area (Å²) in [5.41, 5.74) is 1.11. The average Bonchev–Trinajstić information content (AvgIpc) is 2.38. The van der Waals surface area contributed by atoms with E-state index < -0.39 is 0 Å². The molecule has 96 valence electrons. The molecular weight excluding hydrogens is 216 g/mol. The van der Waals surface area contributed by atoms with Gasteiger partial charge >= 0.3 is 0 Å². The Morgan fingerprint density at radius 1 is 1.12 bits per heavy atom. The van der Waals surface area contributed by atoms with Gasteiger partial charge in [0.1, 0.15) is 0 Å². The topological polar surface area (TPSA) is 49.7 Å². The van der Waals surface area contributed by atoms with Crippen LogP contribution in [0.15, 0.2) is 30.3 Å². The van der Waals surface area contributed by atoms with E-state index in [1.807, 2.05) is 44.2 Å². The highest BCUT2D eigenvalue weighted by atomic mass is 16.5. The first kappa shape index (κ1) is 14.2. The van der Waals surface area contributed by atoms with Crippen LogP contribution in [0.1, 0.15) is 31.9 Å². The summed E-state index contributed by atoms with van der Waals surface area (Å²) in [4.78, 5) is 0. The molecule has 17 heavy (non-hydrogen) atoms. The maximum absolute atomic E-state index is 9.15. The fraction of sp³-hybridized carbons (Fsp3) is 0.571. The molecule has 0 bridgehead atoms. The zero-order valence-electron chi connectivity index (χ0n) is 10.5. The Kier molecular flexibility index (Phi) is 6.19. The van der Waals surface area contributed by atoms with E-state index in [1.165, 1.54) is 0 Å². The molecule has 0 radical (unpaired) electrons. The second kappa shape index (κ2) is 7.43. The molecule has 1 aromatic carbocycles. The summed E-state index contributed by atoms with van der Waals surface area (Å²) >= 11 is 0. The second-order valence-corrected chi connectivity index (χ2v) is 4.40. The maximum atomic E-state index is 9.15. The van der Waals surface area contributed by atoms with Gasteiger partial charge in [0.25, 0.3) is 0 Å². The van der Waals surface area contributed by atoms with E-state index in [1.54, 1.807) is 0 Å². The Hall–Kier alpha value is -0.900. The largest absolute Gasteiger partial charge is 0.396 e. The summed E-state index contributed by atoms with van der Waals surface area (Å²) in [6.07, 6.45) is 0.417. The molecule has 3 nitrogen and oxygen atoms in total. The molecule has 1 rings (SSSR count). The molecule has 0 spiro atoms. The molecule has 0 heterocycles. The Bertz CT molecular complexity index is 300. The average molecular weight is 238 g/mol. The first-order chi connectivity index (χ1) is 8.19. The number of hydrogen-bond donors (Lipinski definition) is 2. The lowest BCUT2D eigenvalue weighted by atomic mass is 10.0. The minimum atomic E-state index is -0.111. The highest BCUT2D eigenvalue weighted by Gasteiger charge is 2.20. The molecule has 1 aromatic rings. The third kappa shape index (κ3) is 4.46. The normalized spacial score (nSPS) is 16.5. The predicted octanol–water partition coefficient (Wildman–Crippen LogP) is 2.14. The number of aliphatic hydroxyl groups is 2. The van der Waals surface area contributed by atoms with Crippen molar-refractivity contribution in [2.45, 2.75) is 32.5 Å². The Labute approximate surface area is 103 Å². The van der Waals surface area contributed by atoms with Gasteiger partial charge in [-0.05, 0) is 18.9 Å². The zero-order valence-corrected chi connectivity index (χ0v) is 10.5. The smallest absolute Gasteiger partial charge is 0.0800 e. The quantitative estimate of drug-likeness (QED) is 0.765. The summed E-state index contributed by atoms with van der Waals surface area (Å²) in [5.74, 6) is 0.0355. The van der Waals surface area contributed by atoms with Gasteiger partial charge in [-0.1, -0.05) is 37.3 Å². The van der Waals surface area contributed by atoms with Crippen molar-refractivity contribution in [3.8, 4) is 0 Å². The highest BCUT2D eigenvalue weighted by molar-refractivity contribution is 5.16. The van der Waals surface area contributed by atoms with Crippen molar-refractivity contribution in [3.63, 3.8) is 0 Å². The molecule has 3 atom stereocenters. The number of rotatable bonds is 7. The molecule has 3 heteroatoms. The molecule has 0 aliphatic heterocycles. The van der Waals surface area contributed by atoms with E-state index in [-0.39, 0.29) is 31.3 Å². The zero-order chi connectivity index (χ0) is 12.7. The molecule has 0 fully saturated rings. The van der Waals surface area contributed by atoms with E-state index in [0.717, 1.165) is 5.56 Å². The molecule has 0 unspecified atom stereocenters. The minimum absolute atomic E-state index is 0.0262. The Morgan fingerprint density at radius 2 is 1.76 bits per heavy atom. The van der Waals surface area contributed by atoms with Crippen molar-refractivity contribution in [1.29, 1.82) is 0 Å². The Morgan fingerprint density at radius 3 is 2.29 bits per heavy atom. The molecule has 2 N–H and O–H groups in total. The van der Waals surface area contributed by atoms with Crippen molar-refractivity contribution in [2.75, 3.05) is 13.2 Å². The van der Waals surface area contributed by atoms with Crippen LogP contribution in [0.3, 0.4) is 0 Å². The van der Waals surface area contributed by atoms with Gasteiger partial charge < -0.3 is 14.9 Å². The summed E-state index contributed by atoms with van der Waals surface area (Å²) < 4.78 is 5.91. The van der Waals surface area contributed by atoms with E-state index in [0.29, 0.717) is 6.42 Å². The van der Waals surface area contributed by atoms with Gasteiger partial charge in [-0.3, -0.25) is 0 Å². The standard InChI is InChI=1S/C14H22O3/c1-11(10-16)14(8-9-15)17-12(2)13-6-4-3-5-7-13/h3-7,11-12,14-16H,8-10H2,1-2H3/t11-,12+,14+/m0/s1. The van der Waals surface area contributed by atoms with Crippen LogP contribution in [0.25, 0.3) is 0 Å². The monoisotopic (exact) mass is 238 g/mol. The molecular formula is C14H22O3. The van der Waals surface area contributed by atoms with Gasteiger partial charge in [-0.15, -0.1) is 0 Å². The van der Waals surface area contributed by atoms with Crippen molar-refractivity contribution >= 4 is 0 Å². The summed E-state index contributed by atoms with van der Waals surface area (Å²) in [7, 11) is 0. The van der Waals surface area contributed by atoms with Crippen molar-refractivity contribution < 1.29 is 14.9 Å². The van der Waals surface area contributed by atoms with Gasteiger partial charge in [0.05, 0.1) is 12.2 Å². The number of hydrogen-bond acceptors (Lipinski definition) is 3. The van der Waals surface area contributed by atoms with Gasteiger partial charge in [-0.25, -0.2) is 0 Å². The fourth-order valence-corrected chi connectivity index (χ4v) is 1.80. The van der Waals surface area contributed by atoms with Gasteiger partial charge in [0.2, 0.25) is 0 Å². The van der Waals surface area contributed by atoms with Crippen LogP contribution in [0.2, 0.25) is 0 Å². The van der Waals surface area contributed by atoms with E-state index >= 15 is 0 Å². The number of ether oxygens (including phenoxy) is 1. The van der Waals surface area contributed by atoms with Crippen molar-refractivity contribution in [3.05, 3.63) is 35.9 Å². The van der Waals surface area contributed by atoms with Crippen LogP contribution >= 0.6 is 0 Å². The minimum Gasteiger partial charge on any atom is -0.396 e. The molecule has 0 aliphatic rings. The van der Waals surface area contributed by atoms with E-state index in [4.69, 9.17) is 14.9 Å². The lowest BCUT2D eigenvalue weighted by molar-refractivity contribution is -0.0540. The van der Waals surface area contributed by atoms with Crippen LogP contribution in [-0.2, 0) is 4.74 Å². The highest BCUT2D eigenvalue weighted by Crippen LogP contribution is 2.22. The van der Waals surface area contributed by atoms with Crippen LogP contribution < -0.4 is 0 Å². The predicted molar refractivity (Wildman–Crippen MR) is 67.7 cm³/mol. The van der Waals surface area contributed by atoms with Gasteiger partial charge in [-0.2, -0.15) is 0 Å². The number of benzene rings is 1. The van der Waals surface area contributed by atoms with Crippen LogP contribution in [0, 0.1) is 5.92 Å². The van der Waals surface area contributed by atoms with Gasteiger partial charge in [0, 0.05) is 19.1 Å². The van der Waals surface area contributed by atoms with Crippen molar-refractivity contribution in [1.82, 2.24) is 0 Å². The van der Waals surface area contributed by atoms with Gasteiger partial charge in [0.15, 0.2) is 0 Å². The molecule has 0 aliphatic carbocycles. The third-order valence-electron chi connectivity index (χ3n) is 2.98. The van der Waals surface area contributed by atoms with Crippen LogP contribution in [0.4, 0.5) is 0 Å². The summed E-state index contributed by atoms with van der Waals surface area (Å²) in [6.45, 7) is 4.07.